The lowest BCUT2D eigenvalue weighted by Gasteiger charge is -2.02. The SMILES string of the molecule is CCCCCCCC/C=C\CCCCCCCCCC(=O)c1ccccc1. The molecule has 1 nitrogen and oxygen atoms in total. The summed E-state index contributed by atoms with van der Waals surface area (Å²) in [7, 11) is 0. The predicted molar refractivity (Wildman–Crippen MR) is 119 cm³/mol. The fourth-order valence-electron chi connectivity index (χ4n) is 3.48. The maximum Gasteiger partial charge on any atom is 0.162 e. The van der Waals surface area contributed by atoms with Crippen LogP contribution >= 0.6 is 0 Å². The quantitative estimate of drug-likeness (QED) is 0.143. The lowest BCUT2D eigenvalue weighted by atomic mass is 10.0. The smallest absolute Gasteiger partial charge is 0.162 e. The molecule has 152 valence electrons. The fourth-order valence-corrected chi connectivity index (χ4v) is 3.48. The summed E-state index contributed by atoms with van der Waals surface area (Å²) in [6, 6.07) is 9.69. The van der Waals surface area contributed by atoms with Gasteiger partial charge in [-0.05, 0) is 32.1 Å². The van der Waals surface area contributed by atoms with E-state index in [4.69, 9.17) is 0 Å². The van der Waals surface area contributed by atoms with Crippen LogP contribution in [0.3, 0.4) is 0 Å². The maximum atomic E-state index is 12.0. The van der Waals surface area contributed by atoms with Crippen molar-refractivity contribution in [1.29, 1.82) is 0 Å². The van der Waals surface area contributed by atoms with E-state index in [2.05, 4.69) is 19.1 Å². The second kappa shape index (κ2) is 18.0. The van der Waals surface area contributed by atoms with E-state index in [9.17, 15) is 4.79 Å². The molecule has 0 aliphatic heterocycles. The van der Waals surface area contributed by atoms with Gasteiger partial charge in [0.2, 0.25) is 0 Å². The van der Waals surface area contributed by atoms with Crippen LogP contribution in [0.25, 0.3) is 0 Å². The predicted octanol–water partition coefficient (Wildman–Crippen LogP) is 8.69. The van der Waals surface area contributed by atoms with Crippen LogP contribution in [0.1, 0.15) is 120 Å². The van der Waals surface area contributed by atoms with Crippen LogP contribution in [0.4, 0.5) is 0 Å². The second-order valence-electron chi connectivity index (χ2n) is 7.83. The number of hydrogen-bond acceptors (Lipinski definition) is 1. The van der Waals surface area contributed by atoms with E-state index < -0.39 is 0 Å². The third-order valence-corrected chi connectivity index (χ3v) is 5.26. The van der Waals surface area contributed by atoms with Crippen molar-refractivity contribution in [1.82, 2.24) is 0 Å². The standard InChI is InChI=1S/C26H42O/c1-2-3-4-5-6-7-8-9-10-11-12-13-14-15-16-17-21-24-26(27)25-22-19-18-20-23-25/h9-10,18-20,22-23H,2-8,11-17,21,24H2,1H3/b10-9-. The zero-order valence-electron chi connectivity index (χ0n) is 17.8. The fraction of sp³-hybridized carbons (Fsp3) is 0.654. The molecule has 1 aromatic rings. The van der Waals surface area contributed by atoms with Gasteiger partial charge in [0, 0.05) is 12.0 Å². The first-order chi connectivity index (χ1) is 13.3. The van der Waals surface area contributed by atoms with Crippen molar-refractivity contribution >= 4 is 5.78 Å². The summed E-state index contributed by atoms with van der Waals surface area (Å²) in [5, 5.41) is 0. The molecule has 27 heavy (non-hydrogen) atoms. The molecule has 0 aliphatic carbocycles. The van der Waals surface area contributed by atoms with Crippen LogP contribution in [0.15, 0.2) is 42.5 Å². The minimum atomic E-state index is 0.295. The van der Waals surface area contributed by atoms with Gasteiger partial charge in [0.05, 0.1) is 0 Å². The average Bonchev–Trinajstić information content (AvgIpc) is 2.70. The monoisotopic (exact) mass is 370 g/mol. The molecule has 1 rings (SSSR count). The summed E-state index contributed by atoms with van der Waals surface area (Å²) < 4.78 is 0. The van der Waals surface area contributed by atoms with Crippen LogP contribution in [0.5, 0.6) is 0 Å². The van der Waals surface area contributed by atoms with E-state index in [-0.39, 0.29) is 0 Å². The third kappa shape index (κ3) is 14.4. The molecular weight excluding hydrogens is 328 g/mol. The Bertz CT molecular complexity index is 474. The second-order valence-corrected chi connectivity index (χ2v) is 7.83. The van der Waals surface area contributed by atoms with E-state index in [0.29, 0.717) is 12.2 Å². The Balaban J connectivity index is 1.80. The molecule has 0 aromatic heterocycles. The van der Waals surface area contributed by atoms with Gasteiger partial charge in [0.15, 0.2) is 5.78 Å². The Kier molecular flexibility index (Phi) is 15.8. The van der Waals surface area contributed by atoms with E-state index in [1.807, 2.05) is 30.3 Å². The summed E-state index contributed by atoms with van der Waals surface area (Å²) in [6.07, 6.45) is 25.2. The molecule has 0 radical (unpaired) electrons. The van der Waals surface area contributed by atoms with Crippen molar-refractivity contribution in [3.63, 3.8) is 0 Å². The molecule has 0 heterocycles. The van der Waals surface area contributed by atoms with Crippen LogP contribution in [0.2, 0.25) is 0 Å². The number of hydrogen-bond donors (Lipinski definition) is 0. The Labute approximate surface area is 168 Å². The van der Waals surface area contributed by atoms with Gasteiger partial charge >= 0.3 is 0 Å². The number of carbonyl (C=O) groups is 1. The summed E-state index contributed by atoms with van der Waals surface area (Å²) in [4.78, 5) is 12.0. The molecule has 0 spiro atoms. The molecule has 0 atom stereocenters. The van der Waals surface area contributed by atoms with Gasteiger partial charge in [-0.15, -0.1) is 0 Å². The Morgan fingerprint density at radius 1 is 0.667 bits per heavy atom. The summed E-state index contributed by atoms with van der Waals surface area (Å²) in [6.45, 7) is 2.28. The highest BCUT2D eigenvalue weighted by molar-refractivity contribution is 5.95. The molecule has 0 saturated heterocycles. The Morgan fingerprint density at radius 2 is 1.15 bits per heavy atom. The first-order valence-corrected chi connectivity index (χ1v) is 11.6. The van der Waals surface area contributed by atoms with Crippen molar-refractivity contribution in [3.05, 3.63) is 48.0 Å². The van der Waals surface area contributed by atoms with Crippen molar-refractivity contribution < 1.29 is 4.79 Å². The highest BCUT2D eigenvalue weighted by Crippen LogP contribution is 2.12. The minimum Gasteiger partial charge on any atom is -0.294 e. The lowest BCUT2D eigenvalue weighted by molar-refractivity contribution is 0.0979. The number of allylic oxidation sites excluding steroid dienone is 2. The highest BCUT2D eigenvalue weighted by atomic mass is 16.1. The van der Waals surface area contributed by atoms with Crippen LogP contribution in [0, 0.1) is 0 Å². The number of ketones is 1. The molecule has 0 N–H and O–H groups in total. The number of Topliss-reactive ketones (excluding diaryl/α,β-unsaturated/α-hetero) is 1. The molecule has 1 heteroatoms. The van der Waals surface area contributed by atoms with E-state index in [1.165, 1.54) is 89.9 Å². The molecule has 0 amide bonds. The molecular formula is C26H42O. The van der Waals surface area contributed by atoms with Crippen LogP contribution in [-0.4, -0.2) is 5.78 Å². The van der Waals surface area contributed by atoms with Gasteiger partial charge in [0.1, 0.15) is 0 Å². The van der Waals surface area contributed by atoms with Crippen LogP contribution < -0.4 is 0 Å². The van der Waals surface area contributed by atoms with Gasteiger partial charge in [0.25, 0.3) is 0 Å². The number of rotatable bonds is 18. The minimum absolute atomic E-state index is 0.295. The summed E-state index contributed by atoms with van der Waals surface area (Å²) >= 11 is 0. The normalized spacial score (nSPS) is 11.3. The van der Waals surface area contributed by atoms with Gasteiger partial charge in [-0.2, -0.15) is 0 Å². The van der Waals surface area contributed by atoms with Gasteiger partial charge in [-0.3, -0.25) is 4.79 Å². The largest absolute Gasteiger partial charge is 0.294 e. The lowest BCUT2D eigenvalue weighted by Crippen LogP contribution is -1.98. The molecule has 0 aliphatic rings. The van der Waals surface area contributed by atoms with E-state index >= 15 is 0 Å². The highest BCUT2D eigenvalue weighted by Gasteiger charge is 2.03. The molecule has 1 aromatic carbocycles. The maximum absolute atomic E-state index is 12.0. The Hall–Kier alpha value is -1.37. The van der Waals surface area contributed by atoms with Crippen molar-refractivity contribution in [3.8, 4) is 0 Å². The van der Waals surface area contributed by atoms with Gasteiger partial charge in [-0.25, -0.2) is 0 Å². The topological polar surface area (TPSA) is 17.1 Å². The summed E-state index contributed by atoms with van der Waals surface area (Å²) in [5.74, 6) is 0.295. The molecule has 0 saturated carbocycles. The Morgan fingerprint density at radius 3 is 1.70 bits per heavy atom. The van der Waals surface area contributed by atoms with Crippen molar-refractivity contribution in [2.75, 3.05) is 0 Å². The van der Waals surface area contributed by atoms with E-state index in [0.717, 1.165) is 12.0 Å². The van der Waals surface area contributed by atoms with Crippen molar-refractivity contribution in [2.45, 2.75) is 110 Å². The zero-order chi connectivity index (χ0) is 19.4. The number of carbonyl (C=O) groups excluding carboxylic acids is 1. The molecule has 0 unspecified atom stereocenters. The number of benzene rings is 1. The number of unbranched alkanes of at least 4 members (excludes halogenated alkanes) is 13. The zero-order valence-corrected chi connectivity index (χ0v) is 17.8. The van der Waals surface area contributed by atoms with E-state index in [1.54, 1.807) is 0 Å². The first kappa shape index (κ1) is 23.7. The van der Waals surface area contributed by atoms with Gasteiger partial charge < -0.3 is 0 Å². The van der Waals surface area contributed by atoms with Gasteiger partial charge in [-0.1, -0.05) is 114 Å². The molecule has 0 bridgehead atoms. The first-order valence-electron chi connectivity index (χ1n) is 11.6. The van der Waals surface area contributed by atoms with Crippen molar-refractivity contribution in [2.24, 2.45) is 0 Å². The average molecular weight is 371 g/mol. The molecule has 0 fully saturated rings. The van der Waals surface area contributed by atoms with Crippen LogP contribution in [-0.2, 0) is 0 Å². The summed E-state index contributed by atoms with van der Waals surface area (Å²) in [5.41, 5.74) is 0.863. The third-order valence-electron chi connectivity index (χ3n) is 5.26.